The zero-order valence-electron chi connectivity index (χ0n) is 48.8. The van der Waals surface area contributed by atoms with Gasteiger partial charge in [0.05, 0.1) is 19.8 Å². The van der Waals surface area contributed by atoms with E-state index in [-0.39, 0.29) is 0 Å². The lowest BCUT2D eigenvalue weighted by atomic mass is 9.94. The lowest BCUT2D eigenvalue weighted by Gasteiger charge is -2.51. The minimum atomic E-state index is -6.20. The Morgan fingerprint density at radius 3 is 0.777 bits per heavy atom. The van der Waals surface area contributed by atoms with E-state index < -0.39 is 258 Å². The van der Waals surface area contributed by atoms with Crippen LogP contribution in [0.25, 0.3) is 0 Å². The molecule has 25 atom stereocenters. The van der Waals surface area contributed by atoms with Crippen LogP contribution < -0.4 is 0 Å². The maximum Gasteiger partial charge on any atom is 0.397 e. The highest BCUT2D eigenvalue weighted by molar-refractivity contribution is 7.82. The first-order valence-corrected chi connectivity index (χ1v) is 34.9. The topological polar surface area (TPSA) is 677 Å². The van der Waals surface area contributed by atoms with Gasteiger partial charge in [0.1, 0.15) is 97.7 Å². The van der Waals surface area contributed by atoms with Crippen LogP contribution in [0.15, 0.2) is 0 Å². The molecule has 5 fully saturated rings. The zero-order chi connectivity index (χ0) is 71.2. The largest absolute Gasteiger partial charge is 0.479 e. The fourth-order valence-electron chi connectivity index (χ4n) is 10.2. The molecule has 9 N–H and O–H groups in total. The van der Waals surface area contributed by atoms with Gasteiger partial charge in [-0.05, 0) is 0 Å². The third kappa shape index (κ3) is 22.7. The predicted molar refractivity (Wildman–Crippen MR) is 279 cm³/mol. The maximum atomic E-state index is 13.3. The highest BCUT2D eigenvalue weighted by atomic mass is 32.3. The van der Waals surface area contributed by atoms with Gasteiger partial charge in [-0.3, -0.25) is 31.9 Å². The van der Waals surface area contributed by atoms with Crippen molar-refractivity contribution in [3.8, 4) is 0 Å². The van der Waals surface area contributed by atoms with Crippen molar-refractivity contribution in [2.75, 3.05) is 76.7 Å². The van der Waals surface area contributed by atoms with Gasteiger partial charge in [-0.1, -0.05) is 0 Å². The molecule has 5 heterocycles. The molecule has 0 unspecified atom stereocenters. The van der Waals surface area contributed by atoms with E-state index >= 15 is 0 Å². The van der Waals surface area contributed by atoms with Gasteiger partial charge in [0.15, 0.2) is 55.9 Å². The second-order valence-corrected chi connectivity index (χ2v) is 26.8. The van der Waals surface area contributed by atoms with Gasteiger partial charge in [-0.25, -0.2) is 38.9 Å². The summed E-state index contributed by atoms with van der Waals surface area (Å²) in [5.74, 6) is -4.28. The van der Waals surface area contributed by atoms with E-state index in [9.17, 15) is 111 Å². The number of methoxy groups -OCH3 is 8. The van der Waals surface area contributed by atoms with Gasteiger partial charge in [0, 0.05) is 56.9 Å². The number of carboxylic acids is 2. The van der Waals surface area contributed by atoms with Gasteiger partial charge in [-0.2, -0.15) is 58.9 Å². The molecular weight excluding hydrogens is 1460 g/mol. The minimum absolute atomic E-state index is 0.707. The van der Waals surface area contributed by atoms with Crippen LogP contribution in [0.4, 0.5) is 0 Å². The normalized spacial score (nSPS) is 37.6. The predicted octanol–water partition coefficient (Wildman–Crippen LogP) is -7.72. The Kier molecular flexibility index (Phi) is 29.0. The summed E-state index contributed by atoms with van der Waals surface area (Å²) < 4.78 is 366. The van der Waals surface area contributed by atoms with E-state index in [1.165, 1.54) is 0 Å². The minimum Gasteiger partial charge on any atom is -0.479 e. The Bertz CT molecular complexity index is 3340. The first kappa shape index (κ1) is 82.0. The molecular formula is C38H64O49S7. The molecule has 94 heavy (non-hydrogen) atoms. The fourth-order valence-corrected chi connectivity index (χ4v) is 13.1. The van der Waals surface area contributed by atoms with Crippen LogP contribution in [-0.4, -0.2) is 343 Å². The molecule has 0 saturated carbocycles. The number of carbonyl (C=O) groups is 2. The Morgan fingerprint density at radius 1 is 0.277 bits per heavy atom. The molecule has 552 valence electrons. The average Bonchev–Trinajstić information content (AvgIpc) is 0.763. The molecule has 5 aliphatic heterocycles. The molecule has 0 radical (unpaired) electrons. The Morgan fingerprint density at radius 2 is 0.511 bits per heavy atom. The number of hydrogen-bond donors (Lipinski definition) is 9. The van der Waals surface area contributed by atoms with Crippen LogP contribution in [0, 0.1) is 0 Å². The summed E-state index contributed by atoms with van der Waals surface area (Å²) in [4.78, 5) is 26.6. The van der Waals surface area contributed by atoms with Gasteiger partial charge in [-0.15, -0.1) is 0 Å². The second-order valence-electron chi connectivity index (χ2n) is 19.3. The lowest BCUT2D eigenvalue weighted by molar-refractivity contribution is -0.388. The maximum absolute atomic E-state index is 13.3. The van der Waals surface area contributed by atoms with Gasteiger partial charge >= 0.3 is 84.7 Å². The molecule has 0 aliphatic carbocycles. The van der Waals surface area contributed by atoms with Gasteiger partial charge < -0.3 is 90.7 Å². The Balaban J connectivity index is 1.63. The SMILES string of the molecule is CO[C@@H]1O[C@H](COS(=O)(=O)O)[C@@H](O[C@@H]2O[C@@H](C(=O)O)[C@@H](O[C@H]3O[C@H](COS(=O)(=O)O)[C@@H](O[C@@H]4O[C@H](C(=O)O)[C@@H](O[C@H]5O[C@H](COS(=O)(=O)O)[C@@H](OC)[C@H](OC)[C@H]5OC)[C@H](OC)[C@H]4OC)[C@H](OS(=O)(=O)O)[C@H]3OS(=O)(=O)O)[C@H](OC)[C@H]2OC)[C@H](OS(=O)(=O)O)[C@H]1OS(=O)(=O)O. The van der Waals surface area contributed by atoms with E-state index in [1.54, 1.807) is 0 Å². The summed E-state index contributed by atoms with van der Waals surface area (Å²) in [5.41, 5.74) is 0. The number of aliphatic carboxylic acids is 2. The van der Waals surface area contributed by atoms with E-state index in [0.717, 1.165) is 42.7 Å². The van der Waals surface area contributed by atoms with E-state index in [1.807, 2.05) is 0 Å². The van der Waals surface area contributed by atoms with Crippen LogP contribution in [0.3, 0.4) is 0 Å². The summed E-state index contributed by atoms with van der Waals surface area (Å²) in [7, 11) is -33.4. The van der Waals surface area contributed by atoms with Gasteiger partial charge in [0.25, 0.3) is 0 Å². The van der Waals surface area contributed by atoms with Crippen molar-refractivity contribution < 1.29 is 220 Å². The Labute approximate surface area is 533 Å². The van der Waals surface area contributed by atoms with Crippen LogP contribution in [0.2, 0.25) is 0 Å². The van der Waals surface area contributed by atoms with Crippen LogP contribution >= 0.6 is 0 Å². The molecule has 0 aromatic carbocycles. The monoisotopic (exact) mass is 1530 g/mol. The van der Waals surface area contributed by atoms with Crippen molar-refractivity contribution in [3.05, 3.63) is 0 Å². The van der Waals surface area contributed by atoms with E-state index in [0.29, 0.717) is 14.2 Å². The number of rotatable bonds is 35. The van der Waals surface area contributed by atoms with Crippen LogP contribution in [0.1, 0.15) is 0 Å². The van der Waals surface area contributed by atoms with E-state index in [4.69, 9.17) is 88.9 Å². The van der Waals surface area contributed by atoms with Crippen molar-refractivity contribution in [1.29, 1.82) is 0 Å². The number of carboxylic acid groups (broad SMARTS) is 2. The summed E-state index contributed by atoms with van der Waals surface area (Å²) in [6.07, 6.45) is -58.8. The third-order valence-corrected chi connectivity index (χ3v) is 16.8. The Hall–Kier alpha value is -2.65. The smallest absolute Gasteiger partial charge is 0.397 e. The highest BCUT2D eigenvalue weighted by Gasteiger charge is 2.62. The lowest BCUT2D eigenvalue weighted by Crippen LogP contribution is -2.70. The number of ether oxygens (including phenoxy) is 17. The molecule has 5 aliphatic rings. The number of hydrogen-bond acceptors (Lipinski definition) is 40. The third-order valence-electron chi connectivity index (χ3n) is 13.6. The summed E-state index contributed by atoms with van der Waals surface area (Å²) in [5, 5.41) is 21.4. The molecule has 5 saturated heterocycles. The van der Waals surface area contributed by atoms with Crippen molar-refractivity contribution in [2.45, 2.75) is 154 Å². The van der Waals surface area contributed by atoms with Crippen molar-refractivity contribution in [1.82, 2.24) is 0 Å². The van der Waals surface area contributed by atoms with Crippen molar-refractivity contribution in [3.63, 3.8) is 0 Å². The molecule has 0 aromatic heterocycles. The molecule has 0 bridgehead atoms. The summed E-state index contributed by atoms with van der Waals surface area (Å²) >= 11 is 0. The first-order chi connectivity index (χ1) is 43.2. The molecule has 56 heteroatoms. The quantitative estimate of drug-likeness (QED) is 0.0266. The van der Waals surface area contributed by atoms with Crippen molar-refractivity contribution >= 4 is 84.7 Å². The summed E-state index contributed by atoms with van der Waals surface area (Å²) in [6.45, 7) is -4.33. The van der Waals surface area contributed by atoms with Crippen LogP contribution in [-0.2, 0) is 192 Å². The highest BCUT2D eigenvalue weighted by Crippen LogP contribution is 2.41. The van der Waals surface area contributed by atoms with Crippen LogP contribution in [0.5, 0.6) is 0 Å². The molecule has 0 amide bonds. The average molecular weight is 1530 g/mol. The zero-order valence-corrected chi connectivity index (χ0v) is 54.5. The first-order valence-electron chi connectivity index (χ1n) is 25.3. The van der Waals surface area contributed by atoms with E-state index in [2.05, 4.69) is 20.9 Å². The molecule has 5 rings (SSSR count). The second kappa shape index (κ2) is 33.2. The standard InChI is InChI=1S/C38H64O49S7/c1-64-15-12(9-72-88(43,44)45)76-35(27(68-5)18(15)65-2)80-21-19(66-3)28(69-6)37(82-25(21)32(39)40)79-17-14(11-74-90(49,50)51)77-38(31(87-94(61,62)63)24(17)85-92(55,56)57)81-22-20(67-4)29(70-7)36(83-26(22)33(41)42)78-16-13(10-73-89(46,47)48)75-34(71-8)30(86-93(58,59)60)23(16)84-91(52,53)54/h12-31,34-38H,9-11H2,1-8H3,(H,39,40)(H,41,42)(H,43,44,45)(H,46,47,48)(H,49,50,51)(H,52,53,54)(H,55,56,57)(H,58,59,60)(H,61,62,63)/t12-,13-,14-,15-,16-,17-,18+,19+,20+,21+,22+,23+,24+,25+,26-,27-,28-,29-,30-,31-,34-,35-,36-,37-,38-/m1/s1. The molecule has 49 nitrogen and oxygen atoms in total. The van der Waals surface area contributed by atoms with Crippen molar-refractivity contribution in [2.24, 2.45) is 0 Å². The molecule has 0 aromatic rings. The van der Waals surface area contributed by atoms with Gasteiger partial charge in [0.2, 0.25) is 0 Å². The fraction of sp³-hybridized carbons (Fsp3) is 0.947. The summed E-state index contributed by atoms with van der Waals surface area (Å²) in [6, 6.07) is 0. The molecule has 0 spiro atoms.